The summed E-state index contributed by atoms with van der Waals surface area (Å²) in [6.45, 7) is 3.46. The zero-order valence-electron chi connectivity index (χ0n) is 13.3. The summed E-state index contributed by atoms with van der Waals surface area (Å²) in [5, 5.41) is 20.5. The van der Waals surface area contributed by atoms with Gasteiger partial charge in [-0.05, 0) is 31.0 Å². The van der Waals surface area contributed by atoms with E-state index in [0.717, 1.165) is 0 Å². The lowest BCUT2D eigenvalue weighted by Gasteiger charge is -2.21. The Morgan fingerprint density at radius 3 is 2.42 bits per heavy atom. The van der Waals surface area contributed by atoms with Crippen molar-refractivity contribution in [3.8, 4) is 11.5 Å². The van der Waals surface area contributed by atoms with Crippen LogP contribution in [0.4, 0.5) is 0 Å². The Morgan fingerprint density at radius 2 is 1.75 bits per heavy atom. The molecule has 0 unspecified atom stereocenters. The van der Waals surface area contributed by atoms with Crippen LogP contribution < -0.4 is 0 Å². The van der Waals surface area contributed by atoms with Crippen LogP contribution in [-0.4, -0.2) is 27.6 Å². The van der Waals surface area contributed by atoms with Gasteiger partial charge in [0.05, 0.1) is 16.7 Å². The first-order chi connectivity index (χ1) is 11.4. The fraction of sp³-hybridized carbons (Fsp3) is 0.211. The second-order valence-corrected chi connectivity index (χ2v) is 5.87. The molecule has 2 aromatic rings. The largest absolute Gasteiger partial charge is 0.507 e. The van der Waals surface area contributed by atoms with Crippen LogP contribution in [-0.2, 0) is 0 Å². The average Bonchev–Trinajstić information content (AvgIpc) is 2.52. The van der Waals surface area contributed by atoms with E-state index in [0.29, 0.717) is 12.0 Å². The van der Waals surface area contributed by atoms with E-state index in [-0.39, 0.29) is 45.8 Å². The lowest BCUT2D eigenvalue weighted by Crippen LogP contribution is -2.22. The minimum Gasteiger partial charge on any atom is -0.507 e. The standard InChI is InChI=1S/C19H16O5/c1-3-5-12(20)14-9(2)8-11-16(18(14)23)19(24)15-10(17(11)22)6-4-7-13(15)21/h4,6-8,21,23H,3,5H2,1-2H3. The average molecular weight is 324 g/mol. The lowest BCUT2D eigenvalue weighted by molar-refractivity contribution is 0.0966. The summed E-state index contributed by atoms with van der Waals surface area (Å²) in [5.74, 6) is -2.18. The molecule has 5 nitrogen and oxygen atoms in total. The van der Waals surface area contributed by atoms with Crippen molar-refractivity contribution < 1.29 is 24.6 Å². The van der Waals surface area contributed by atoms with E-state index >= 15 is 0 Å². The molecule has 1 aliphatic rings. The van der Waals surface area contributed by atoms with Crippen LogP contribution in [0.1, 0.15) is 67.5 Å². The summed E-state index contributed by atoms with van der Waals surface area (Å²) in [6, 6.07) is 5.71. The number of rotatable bonds is 3. The number of benzene rings is 2. The van der Waals surface area contributed by atoms with Crippen molar-refractivity contribution in [1.29, 1.82) is 0 Å². The van der Waals surface area contributed by atoms with E-state index < -0.39 is 17.3 Å². The predicted octanol–water partition coefficient (Wildman–Crippen LogP) is 3.16. The van der Waals surface area contributed by atoms with Crippen molar-refractivity contribution in [3.63, 3.8) is 0 Å². The zero-order valence-corrected chi connectivity index (χ0v) is 13.3. The van der Waals surface area contributed by atoms with E-state index in [1.165, 1.54) is 24.3 Å². The molecule has 0 atom stereocenters. The predicted molar refractivity (Wildman–Crippen MR) is 87.1 cm³/mol. The quantitative estimate of drug-likeness (QED) is 0.722. The number of fused-ring (bicyclic) bond motifs is 2. The molecule has 0 aromatic heterocycles. The van der Waals surface area contributed by atoms with E-state index in [4.69, 9.17) is 0 Å². The van der Waals surface area contributed by atoms with Gasteiger partial charge in [-0.1, -0.05) is 19.1 Å². The minimum atomic E-state index is -0.652. The van der Waals surface area contributed by atoms with Gasteiger partial charge in [0.15, 0.2) is 11.6 Å². The number of hydrogen-bond donors (Lipinski definition) is 2. The molecule has 0 heterocycles. The van der Waals surface area contributed by atoms with Crippen LogP contribution in [0.15, 0.2) is 24.3 Å². The Bertz CT molecular complexity index is 908. The lowest BCUT2D eigenvalue weighted by atomic mass is 9.80. The molecule has 3 rings (SSSR count). The minimum absolute atomic E-state index is 0.0566. The second-order valence-electron chi connectivity index (χ2n) is 5.87. The molecule has 1 aliphatic carbocycles. The number of carbonyl (C=O) groups excluding carboxylic acids is 3. The van der Waals surface area contributed by atoms with Crippen molar-refractivity contribution in [2.45, 2.75) is 26.7 Å². The first-order valence-corrected chi connectivity index (χ1v) is 7.69. The fourth-order valence-corrected chi connectivity index (χ4v) is 3.15. The Morgan fingerprint density at radius 1 is 1.04 bits per heavy atom. The molecule has 0 saturated carbocycles. The molecule has 0 fully saturated rings. The molecule has 2 N–H and O–H groups in total. The van der Waals surface area contributed by atoms with Gasteiger partial charge in [0.1, 0.15) is 11.5 Å². The van der Waals surface area contributed by atoms with E-state index in [2.05, 4.69) is 0 Å². The van der Waals surface area contributed by atoms with E-state index in [9.17, 15) is 24.6 Å². The van der Waals surface area contributed by atoms with Crippen molar-refractivity contribution in [1.82, 2.24) is 0 Å². The molecule has 0 amide bonds. The first-order valence-electron chi connectivity index (χ1n) is 7.69. The molecule has 24 heavy (non-hydrogen) atoms. The Balaban J connectivity index is 2.31. The molecule has 0 spiro atoms. The molecular weight excluding hydrogens is 308 g/mol. The highest BCUT2D eigenvalue weighted by Crippen LogP contribution is 2.39. The third-order valence-corrected chi connectivity index (χ3v) is 4.24. The third kappa shape index (κ3) is 2.12. The maximum absolute atomic E-state index is 12.8. The van der Waals surface area contributed by atoms with Gasteiger partial charge in [0.25, 0.3) is 0 Å². The molecule has 0 saturated heterocycles. The van der Waals surface area contributed by atoms with Gasteiger partial charge in [-0.2, -0.15) is 0 Å². The summed E-state index contributed by atoms with van der Waals surface area (Å²) in [6.07, 6.45) is 0.836. The van der Waals surface area contributed by atoms with Gasteiger partial charge < -0.3 is 10.2 Å². The summed E-state index contributed by atoms with van der Waals surface area (Å²) < 4.78 is 0. The van der Waals surface area contributed by atoms with Crippen LogP contribution in [0, 0.1) is 6.92 Å². The number of aromatic hydroxyl groups is 2. The highest BCUT2D eigenvalue weighted by molar-refractivity contribution is 6.31. The fourth-order valence-electron chi connectivity index (χ4n) is 3.15. The van der Waals surface area contributed by atoms with Gasteiger partial charge in [0.2, 0.25) is 5.78 Å². The van der Waals surface area contributed by atoms with Gasteiger partial charge in [-0.3, -0.25) is 14.4 Å². The summed E-state index contributed by atoms with van der Waals surface area (Å²) in [7, 11) is 0. The molecule has 2 aromatic carbocycles. The SMILES string of the molecule is CCCC(=O)c1c(C)cc2c(c1O)C(=O)c1c(O)cccc1C2=O. The smallest absolute Gasteiger partial charge is 0.201 e. The number of aryl methyl sites for hydroxylation is 1. The van der Waals surface area contributed by atoms with Crippen LogP contribution in [0.25, 0.3) is 0 Å². The van der Waals surface area contributed by atoms with Gasteiger partial charge in [-0.15, -0.1) is 0 Å². The monoisotopic (exact) mass is 324 g/mol. The van der Waals surface area contributed by atoms with E-state index in [1.54, 1.807) is 6.92 Å². The van der Waals surface area contributed by atoms with Gasteiger partial charge >= 0.3 is 0 Å². The Labute approximate surface area is 138 Å². The molecule has 0 radical (unpaired) electrons. The highest BCUT2D eigenvalue weighted by atomic mass is 16.3. The van der Waals surface area contributed by atoms with Gasteiger partial charge in [0, 0.05) is 17.5 Å². The Kier molecular flexibility index (Phi) is 3.72. The van der Waals surface area contributed by atoms with Crippen molar-refractivity contribution in [3.05, 3.63) is 57.6 Å². The van der Waals surface area contributed by atoms with Crippen molar-refractivity contribution in [2.24, 2.45) is 0 Å². The number of hydrogen-bond acceptors (Lipinski definition) is 5. The summed E-state index contributed by atoms with van der Waals surface area (Å²) >= 11 is 0. The molecular formula is C19H16O5. The van der Waals surface area contributed by atoms with Crippen LogP contribution >= 0.6 is 0 Å². The second kappa shape index (κ2) is 5.60. The molecule has 5 heteroatoms. The molecule has 0 bridgehead atoms. The number of phenolic OH excluding ortho intramolecular Hbond substituents is 2. The van der Waals surface area contributed by atoms with Crippen LogP contribution in [0.3, 0.4) is 0 Å². The first kappa shape index (κ1) is 15.9. The number of carbonyl (C=O) groups is 3. The van der Waals surface area contributed by atoms with Crippen molar-refractivity contribution in [2.75, 3.05) is 0 Å². The number of Topliss-reactive ketones (excluding diaryl/α,β-unsaturated/α-hetero) is 1. The summed E-state index contributed by atoms with van der Waals surface area (Å²) in [5.41, 5.74) is 0.326. The summed E-state index contributed by atoms with van der Waals surface area (Å²) in [4.78, 5) is 37.7. The van der Waals surface area contributed by atoms with Gasteiger partial charge in [-0.25, -0.2) is 0 Å². The van der Waals surface area contributed by atoms with Crippen LogP contribution in [0.2, 0.25) is 0 Å². The highest BCUT2D eigenvalue weighted by Gasteiger charge is 2.36. The van der Waals surface area contributed by atoms with Crippen molar-refractivity contribution >= 4 is 17.3 Å². The number of phenols is 2. The Hall–Kier alpha value is -2.95. The third-order valence-electron chi connectivity index (χ3n) is 4.24. The topological polar surface area (TPSA) is 91.7 Å². The normalized spacial score (nSPS) is 12.8. The molecule has 122 valence electrons. The maximum Gasteiger partial charge on any atom is 0.201 e. The maximum atomic E-state index is 12.8. The van der Waals surface area contributed by atoms with Crippen LogP contribution in [0.5, 0.6) is 11.5 Å². The number of ketones is 3. The zero-order chi connectivity index (χ0) is 17.6. The molecule has 0 aliphatic heterocycles. The van der Waals surface area contributed by atoms with E-state index in [1.807, 2.05) is 6.92 Å².